The van der Waals surface area contributed by atoms with Gasteiger partial charge in [0.15, 0.2) is 0 Å². The standard InChI is InChI=1S/C18H16BrFN2O2/c1-11-2-5-14(6-3-11)22-10-12(8-17(22)23)18(24)21-16-7-4-13(19)9-15(16)20/h2-7,9,12H,8,10H2,1H3,(H,21,24)/t12-/m1/s1. The lowest BCUT2D eigenvalue weighted by molar-refractivity contribution is -0.122. The van der Waals surface area contributed by atoms with E-state index < -0.39 is 11.7 Å². The molecule has 0 unspecified atom stereocenters. The number of carbonyl (C=O) groups excluding carboxylic acids is 2. The highest BCUT2D eigenvalue weighted by atomic mass is 79.9. The van der Waals surface area contributed by atoms with Gasteiger partial charge in [-0.2, -0.15) is 0 Å². The second kappa shape index (κ2) is 6.73. The quantitative estimate of drug-likeness (QED) is 0.863. The van der Waals surface area contributed by atoms with Gasteiger partial charge in [0.1, 0.15) is 5.82 Å². The summed E-state index contributed by atoms with van der Waals surface area (Å²) in [5.74, 6) is -1.46. The van der Waals surface area contributed by atoms with Gasteiger partial charge >= 0.3 is 0 Å². The lowest BCUT2D eigenvalue weighted by Gasteiger charge is -2.17. The Kier molecular flexibility index (Phi) is 4.66. The first kappa shape index (κ1) is 16.6. The number of halogens is 2. The zero-order valence-corrected chi connectivity index (χ0v) is 14.6. The number of anilines is 2. The van der Waals surface area contributed by atoms with E-state index in [4.69, 9.17) is 0 Å². The topological polar surface area (TPSA) is 49.4 Å². The summed E-state index contributed by atoms with van der Waals surface area (Å²) in [5, 5.41) is 2.57. The molecule has 0 aliphatic carbocycles. The van der Waals surface area contributed by atoms with Crippen LogP contribution in [0.25, 0.3) is 0 Å². The van der Waals surface area contributed by atoms with Crippen molar-refractivity contribution in [3.8, 4) is 0 Å². The van der Waals surface area contributed by atoms with Gasteiger partial charge in [0, 0.05) is 23.1 Å². The third-order valence-corrected chi connectivity index (χ3v) is 4.52. The van der Waals surface area contributed by atoms with Crippen molar-refractivity contribution in [3.05, 3.63) is 58.3 Å². The fourth-order valence-electron chi connectivity index (χ4n) is 2.68. The summed E-state index contributed by atoms with van der Waals surface area (Å²) in [7, 11) is 0. The highest BCUT2D eigenvalue weighted by Gasteiger charge is 2.35. The van der Waals surface area contributed by atoms with Gasteiger partial charge in [0.05, 0.1) is 11.6 Å². The van der Waals surface area contributed by atoms with E-state index in [1.165, 1.54) is 12.1 Å². The van der Waals surface area contributed by atoms with Crippen LogP contribution in [0.3, 0.4) is 0 Å². The molecule has 4 nitrogen and oxygen atoms in total. The average molecular weight is 391 g/mol. The number of carbonyl (C=O) groups is 2. The molecule has 2 aromatic carbocycles. The summed E-state index contributed by atoms with van der Waals surface area (Å²) >= 11 is 3.17. The van der Waals surface area contributed by atoms with Gasteiger partial charge in [-0.3, -0.25) is 9.59 Å². The molecule has 1 aliphatic heterocycles. The first-order chi connectivity index (χ1) is 11.4. The number of nitrogens with zero attached hydrogens (tertiary/aromatic N) is 1. The summed E-state index contributed by atoms with van der Waals surface area (Å²) in [6.45, 7) is 2.27. The van der Waals surface area contributed by atoms with E-state index in [1.54, 1.807) is 11.0 Å². The van der Waals surface area contributed by atoms with Crippen LogP contribution in [0, 0.1) is 18.7 Å². The van der Waals surface area contributed by atoms with E-state index in [-0.39, 0.29) is 23.9 Å². The monoisotopic (exact) mass is 390 g/mol. The largest absolute Gasteiger partial charge is 0.323 e. The second-order valence-electron chi connectivity index (χ2n) is 5.85. The maximum Gasteiger partial charge on any atom is 0.229 e. The van der Waals surface area contributed by atoms with Crippen LogP contribution in [-0.2, 0) is 9.59 Å². The predicted octanol–water partition coefficient (Wildman–Crippen LogP) is 3.89. The smallest absolute Gasteiger partial charge is 0.229 e. The number of hydrogen-bond donors (Lipinski definition) is 1. The Labute approximate surface area is 147 Å². The minimum atomic E-state index is -0.516. The molecule has 0 aromatic heterocycles. The molecule has 2 aromatic rings. The minimum absolute atomic E-state index is 0.102. The van der Waals surface area contributed by atoms with Crippen LogP contribution in [0.5, 0.6) is 0 Å². The molecular formula is C18H16BrFN2O2. The molecule has 0 bridgehead atoms. The molecule has 1 heterocycles. The molecule has 3 rings (SSSR count). The summed E-state index contributed by atoms with van der Waals surface area (Å²) in [6.07, 6.45) is 0.123. The first-order valence-corrected chi connectivity index (χ1v) is 8.36. The fraction of sp³-hybridized carbons (Fsp3) is 0.222. The molecule has 0 spiro atoms. The maximum atomic E-state index is 13.8. The van der Waals surface area contributed by atoms with Crippen LogP contribution in [0.15, 0.2) is 46.9 Å². The molecule has 1 fully saturated rings. The van der Waals surface area contributed by atoms with E-state index in [9.17, 15) is 14.0 Å². The minimum Gasteiger partial charge on any atom is -0.323 e. The van der Waals surface area contributed by atoms with Crippen LogP contribution >= 0.6 is 15.9 Å². The van der Waals surface area contributed by atoms with Crippen molar-refractivity contribution in [2.24, 2.45) is 5.92 Å². The Morgan fingerprint density at radius 1 is 1.25 bits per heavy atom. The summed E-state index contributed by atoms with van der Waals surface area (Å²) < 4.78 is 14.4. The molecule has 124 valence electrons. The summed E-state index contributed by atoms with van der Waals surface area (Å²) in [5.41, 5.74) is 1.99. The molecule has 0 radical (unpaired) electrons. The number of nitrogens with one attached hydrogen (secondary N) is 1. The third-order valence-electron chi connectivity index (χ3n) is 4.03. The molecule has 0 saturated carbocycles. The lowest BCUT2D eigenvalue weighted by Crippen LogP contribution is -2.28. The molecule has 1 atom stereocenters. The van der Waals surface area contributed by atoms with Crippen molar-refractivity contribution < 1.29 is 14.0 Å². The van der Waals surface area contributed by atoms with Crippen LogP contribution in [0.2, 0.25) is 0 Å². The van der Waals surface area contributed by atoms with Crippen LogP contribution in [-0.4, -0.2) is 18.4 Å². The van der Waals surface area contributed by atoms with Gasteiger partial charge in [0.25, 0.3) is 0 Å². The normalized spacial score (nSPS) is 17.2. The third kappa shape index (κ3) is 3.48. The number of aryl methyl sites for hydroxylation is 1. The highest BCUT2D eigenvalue weighted by Crippen LogP contribution is 2.27. The molecule has 1 N–H and O–H groups in total. The molecule has 2 amide bonds. The predicted molar refractivity (Wildman–Crippen MR) is 94.4 cm³/mol. The Balaban J connectivity index is 1.70. The van der Waals surface area contributed by atoms with E-state index in [0.717, 1.165) is 11.3 Å². The maximum absolute atomic E-state index is 13.8. The van der Waals surface area contributed by atoms with Gasteiger partial charge < -0.3 is 10.2 Å². The number of benzene rings is 2. The Morgan fingerprint density at radius 2 is 1.96 bits per heavy atom. The first-order valence-electron chi connectivity index (χ1n) is 7.57. The van der Waals surface area contributed by atoms with Crippen molar-refractivity contribution in [2.75, 3.05) is 16.8 Å². The van der Waals surface area contributed by atoms with Crippen molar-refractivity contribution in [1.29, 1.82) is 0 Å². The SMILES string of the molecule is Cc1ccc(N2C[C@H](C(=O)Nc3ccc(Br)cc3F)CC2=O)cc1. The fourth-order valence-corrected chi connectivity index (χ4v) is 3.02. The Bertz CT molecular complexity index is 792. The van der Waals surface area contributed by atoms with Gasteiger partial charge in [-0.15, -0.1) is 0 Å². The van der Waals surface area contributed by atoms with E-state index in [1.807, 2.05) is 31.2 Å². The van der Waals surface area contributed by atoms with Crippen LogP contribution in [0.1, 0.15) is 12.0 Å². The Morgan fingerprint density at radius 3 is 2.62 bits per heavy atom. The van der Waals surface area contributed by atoms with Gasteiger partial charge in [0.2, 0.25) is 11.8 Å². The van der Waals surface area contributed by atoms with Crippen molar-refractivity contribution in [2.45, 2.75) is 13.3 Å². The molecule has 6 heteroatoms. The number of amides is 2. The zero-order valence-electron chi connectivity index (χ0n) is 13.1. The summed E-state index contributed by atoms with van der Waals surface area (Å²) in [4.78, 5) is 26.2. The van der Waals surface area contributed by atoms with Gasteiger partial charge in [-0.1, -0.05) is 33.6 Å². The molecule has 1 aliphatic rings. The highest BCUT2D eigenvalue weighted by molar-refractivity contribution is 9.10. The number of rotatable bonds is 3. The van der Waals surface area contributed by atoms with Crippen molar-refractivity contribution in [1.82, 2.24) is 0 Å². The average Bonchev–Trinajstić information content (AvgIpc) is 2.93. The molecule has 24 heavy (non-hydrogen) atoms. The lowest BCUT2D eigenvalue weighted by atomic mass is 10.1. The zero-order chi connectivity index (χ0) is 17.3. The molecule has 1 saturated heterocycles. The van der Waals surface area contributed by atoms with E-state index in [0.29, 0.717) is 11.0 Å². The van der Waals surface area contributed by atoms with Crippen LogP contribution in [0.4, 0.5) is 15.8 Å². The Hall–Kier alpha value is -2.21. The van der Waals surface area contributed by atoms with Gasteiger partial charge in [-0.25, -0.2) is 4.39 Å². The van der Waals surface area contributed by atoms with Crippen LogP contribution < -0.4 is 10.2 Å². The summed E-state index contributed by atoms with van der Waals surface area (Å²) in [6, 6.07) is 12.0. The number of hydrogen-bond acceptors (Lipinski definition) is 2. The van der Waals surface area contributed by atoms with Crippen molar-refractivity contribution in [3.63, 3.8) is 0 Å². The van der Waals surface area contributed by atoms with E-state index in [2.05, 4.69) is 21.2 Å². The van der Waals surface area contributed by atoms with Gasteiger partial charge in [-0.05, 0) is 37.3 Å². The van der Waals surface area contributed by atoms with E-state index >= 15 is 0 Å². The second-order valence-corrected chi connectivity index (χ2v) is 6.77. The van der Waals surface area contributed by atoms with Crippen molar-refractivity contribution >= 4 is 39.1 Å². The molecular weight excluding hydrogens is 375 g/mol.